The number of hydrogen-bond acceptors (Lipinski definition) is 10. The van der Waals surface area contributed by atoms with Gasteiger partial charge in [0.05, 0.1) is 24.4 Å². The Morgan fingerprint density at radius 3 is 2.21 bits per heavy atom. The van der Waals surface area contributed by atoms with E-state index in [0.29, 0.717) is 18.9 Å². The molecule has 10 nitrogen and oxygen atoms in total. The van der Waals surface area contributed by atoms with Gasteiger partial charge in [0.15, 0.2) is 18.2 Å². The molecule has 274 valence electrons. The first-order valence-electron chi connectivity index (χ1n) is 18.7. The fraction of sp³-hybridized carbons (Fsp3) is 0.974. The lowest BCUT2D eigenvalue weighted by molar-refractivity contribution is -0.342. The number of esters is 1. The average molecular weight is 679 g/mol. The summed E-state index contributed by atoms with van der Waals surface area (Å²) in [6.45, 7) is 17.9. The van der Waals surface area contributed by atoms with Crippen molar-refractivity contribution in [1.82, 2.24) is 0 Å². The first-order valence-corrected chi connectivity index (χ1v) is 18.7. The first kappa shape index (κ1) is 35.5. The van der Waals surface area contributed by atoms with Gasteiger partial charge in [-0.15, -0.1) is 0 Å². The zero-order valence-electron chi connectivity index (χ0n) is 30.6. The Morgan fingerprint density at radius 1 is 0.917 bits per heavy atom. The maximum absolute atomic E-state index is 12.6. The van der Waals surface area contributed by atoms with Gasteiger partial charge in [0.2, 0.25) is 0 Å². The monoisotopic (exact) mass is 678 g/mol. The summed E-state index contributed by atoms with van der Waals surface area (Å²) in [7, 11) is 0. The zero-order valence-corrected chi connectivity index (χ0v) is 30.6. The van der Waals surface area contributed by atoms with Gasteiger partial charge in [-0.2, -0.15) is 0 Å². The summed E-state index contributed by atoms with van der Waals surface area (Å²) in [4.78, 5) is 12.1. The molecule has 17 atom stereocenters. The van der Waals surface area contributed by atoms with Gasteiger partial charge < -0.3 is 44.5 Å². The molecular formula is C38H62O10. The molecule has 7 fully saturated rings. The largest absolute Gasteiger partial charge is 0.457 e. The van der Waals surface area contributed by atoms with Gasteiger partial charge in [0.25, 0.3) is 0 Å². The molecule has 0 amide bonds. The highest BCUT2D eigenvalue weighted by Gasteiger charge is 2.86. The van der Waals surface area contributed by atoms with Crippen LogP contribution in [0.3, 0.4) is 0 Å². The molecule has 2 heterocycles. The van der Waals surface area contributed by atoms with Gasteiger partial charge in [-0.1, -0.05) is 41.5 Å². The van der Waals surface area contributed by atoms with Crippen LogP contribution in [0, 0.1) is 56.7 Å². The predicted octanol–water partition coefficient (Wildman–Crippen LogP) is 3.92. The number of hydrogen-bond donors (Lipinski definition) is 5. The van der Waals surface area contributed by atoms with Crippen molar-refractivity contribution >= 4 is 5.97 Å². The standard InChI is InChI=1S/C38H62O10/c1-19-16-22(29(33(6,7)43)46-21(3)39)48-38(44)28(19)34(8)14-15-37-18-36(37)13-12-25(47-30-27(41)26(40)20(2)17-45-30)32(4,5)23(36)10-11-24(37)35(34,9)31(38)42/h19-20,22-31,40-44H,10-18H2,1-9H3/t19-,20?,22?,23+,24?,25+,26+,27-,28-,29+,30+,31-,34-,35-,36-,37?,38-/m1/s1. The number of aliphatic hydroxyl groups is 5. The molecule has 5 N–H and O–H groups in total. The van der Waals surface area contributed by atoms with Crippen LogP contribution in [-0.4, -0.2) is 92.4 Å². The highest BCUT2D eigenvalue weighted by molar-refractivity contribution is 5.66. The van der Waals surface area contributed by atoms with Crippen LogP contribution in [0.4, 0.5) is 0 Å². The molecule has 0 aromatic rings. The Bertz CT molecular complexity index is 1300. The van der Waals surface area contributed by atoms with Crippen molar-refractivity contribution in [3.8, 4) is 0 Å². The quantitative estimate of drug-likeness (QED) is 0.214. The fourth-order valence-corrected chi connectivity index (χ4v) is 14.0. The van der Waals surface area contributed by atoms with Gasteiger partial charge in [0, 0.05) is 24.2 Å². The summed E-state index contributed by atoms with van der Waals surface area (Å²) in [5, 5.41) is 57.5. The van der Waals surface area contributed by atoms with Crippen molar-refractivity contribution in [2.75, 3.05) is 6.61 Å². The molecule has 0 bridgehead atoms. The molecule has 2 spiro atoms. The third-order valence-electron chi connectivity index (χ3n) is 16.2. The Hall–Kier alpha value is -0.850. The number of carbonyl (C=O) groups excluding carboxylic acids is 1. The second-order valence-corrected chi connectivity index (χ2v) is 19.2. The van der Waals surface area contributed by atoms with Crippen LogP contribution < -0.4 is 0 Å². The van der Waals surface area contributed by atoms with E-state index in [9.17, 15) is 30.3 Å². The molecule has 2 aliphatic heterocycles. The number of ether oxygens (including phenoxy) is 4. The van der Waals surface area contributed by atoms with E-state index in [1.54, 1.807) is 13.8 Å². The molecule has 0 aromatic heterocycles. The molecule has 2 saturated heterocycles. The summed E-state index contributed by atoms with van der Waals surface area (Å²) in [5.74, 6) is -2.27. The molecule has 48 heavy (non-hydrogen) atoms. The Balaban J connectivity index is 1.17. The third-order valence-corrected chi connectivity index (χ3v) is 16.2. The summed E-state index contributed by atoms with van der Waals surface area (Å²) in [6, 6.07) is 0. The van der Waals surface area contributed by atoms with E-state index in [1.807, 2.05) is 6.92 Å². The van der Waals surface area contributed by atoms with Crippen LogP contribution >= 0.6 is 0 Å². The zero-order chi connectivity index (χ0) is 35.2. The Labute approximate surface area is 286 Å². The lowest BCUT2D eigenvalue weighted by Gasteiger charge is -2.63. The normalized spacial score (nSPS) is 56.1. The minimum Gasteiger partial charge on any atom is -0.457 e. The number of fused-ring (bicyclic) bond motifs is 4. The van der Waals surface area contributed by atoms with Crippen LogP contribution in [0.2, 0.25) is 0 Å². The number of carbonyl (C=O) groups is 1. The van der Waals surface area contributed by atoms with Gasteiger partial charge in [0.1, 0.15) is 18.3 Å². The van der Waals surface area contributed by atoms with E-state index in [1.165, 1.54) is 6.92 Å². The predicted molar refractivity (Wildman–Crippen MR) is 175 cm³/mol. The fourth-order valence-electron chi connectivity index (χ4n) is 14.0. The van der Waals surface area contributed by atoms with E-state index in [4.69, 9.17) is 18.9 Å². The summed E-state index contributed by atoms with van der Waals surface area (Å²) < 4.78 is 24.6. The van der Waals surface area contributed by atoms with Crippen molar-refractivity contribution in [3.63, 3.8) is 0 Å². The van der Waals surface area contributed by atoms with Crippen molar-refractivity contribution in [2.24, 2.45) is 56.7 Å². The average Bonchev–Trinajstić information content (AvgIpc) is 3.62. The SMILES string of the molecule is CC(=O)O[C@@H](C1C[C@@H](C)[C@H]2[C@@](O)(O1)[C@H](O)[C@@]1(C)C3CC[C@H]4C(C)(C)[C@@H](O[C@@H]5OCC(C)[C@H](O)[C@H]5O)CC[C@@]45CC35CC[C@]21C)C(C)(C)O. The summed E-state index contributed by atoms with van der Waals surface area (Å²) in [6.07, 6.45) is 1.51. The van der Waals surface area contributed by atoms with E-state index < -0.39 is 59.6 Å². The van der Waals surface area contributed by atoms with E-state index in [0.717, 1.165) is 44.9 Å². The van der Waals surface area contributed by atoms with Crippen LogP contribution in [0.5, 0.6) is 0 Å². The third kappa shape index (κ3) is 4.42. The molecule has 4 unspecified atom stereocenters. The van der Waals surface area contributed by atoms with Gasteiger partial charge in [-0.05, 0) is 105 Å². The smallest absolute Gasteiger partial charge is 0.303 e. The highest BCUT2D eigenvalue weighted by atomic mass is 16.7. The summed E-state index contributed by atoms with van der Waals surface area (Å²) in [5.41, 5.74) is -2.40. The minimum atomic E-state index is -1.84. The van der Waals surface area contributed by atoms with Crippen LogP contribution in [0.15, 0.2) is 0 Å². The van der Waals surface area contributed by atoms with E-state index in [-0.39, 0.29) is 51.4 Å². The second kappa shape index (κ2) is 10.8. The van der Waals surface area contributed by atoms with E-state index >= 15 is 0 Å². The molecule has 5 aliphatic carbocycles. The van der Waals surface area contributed by atoms with Gasteiger partial charge in [-0.25, -0.2) is 0 Å². The first-order chi connectivity index (χ1) is 22.1. The molecule has 7 rings (SSSR count). The molecule has 0 aromatic carbocycles. The lowest BCUT2D eigenvalue weighted by atomic mass is 9.41. The molecule has 7 aliphatic rings. The maximum atomic E-state index is 12.6. The Kier molecular flexibility index (Phi) is 8.03. The molecule has 0 radical (unpaired) electrons. The molecular weight excluding hydrogens is 616 g/mol. The van der Waals surface area contributed by atoms with Crippen LogP contribution in [0.1, 0.15) is 114 Å². The Morgan fingerprint density at radius 2 is 1.56 bits per heavy atom. The van der Waals surface area contributed by atoms with E-state index in [2.05, 4.69) is 34.6 Å². The number of rotatable bonds is 5. The second-order valence-electron chi connectivity index (χ2n) is 19.2. The molecule has 10 heteroatoms. The molecule has 5 saturated carbocycles. The van der Waals surface area contributed by atoms with Gasteiger partial charge in [-0.3, -0.25) is 4.79 Å². The van der Waals surface area contributed by atoms with Crippen molar-refractivity contribution in [2.45, 2.75) is 168 Å². The van der Waals surface area contributed by atoms with Crippen molar-refractivity contribution < 1.29 is 49.3 Å². The lowest BCUT2D eigenvalue weighted by Crippen LogP contribution is -2.62. The van der Waals surface area contributed by atoms with Crippen LogP contribution in [-0.2, 0) is 23.7 Å². The van der Waals surface area contributed by atoms with Crippen molar-refractivity contribution in [1.29, 1.82) is 0 Å². The number of aliphatic hydroxyl groups excluding tert-OH is 3. The summed E-state index contributed by atoms with van der Waals surface area (Å²) >= 11 is 0. The van der Waals surface area contributed by atoms with Crippen molar-refractivity contribution in [3.05, 3.63) is 0 Å². The van der Waals surface area contributed by atoms with Gasteiger partial charge >= 0.3 is 5.97 Å². The highest BCUT2D eigenvalue weighted by Crippen LogP contribution is 2.89. The van der Waals surface area contributed by atoms with Crippen LogP contribution in [0.25, 0.3) is 0 Å². The topological polar surface area (TPSA) is 155 Å². The minimum absolute atomic E-state index is 0.0421. The maximum Gasteiger partial charge on any atom is 0.303 e.